The van der Waals surface area contributed by atoms with Gasteiger partial charge in [-0.1, -0.05) is 13.8 Å². The molecule has 2 aliphatic rings. The molecule has 1 aliphatic carbocycles. The van der Waals surface area contributed by atoms with E-state index < -0.39 is 0 Å². The van der Waals surface area contributed by atoms with Crippen molar-refractivity contribution in [1.29, 1.82) is 0 Å². The summed E-state index contributed by atoms with van der Waals surface area (Å²) < 4.78 is 4.63. The van der Waals surface area contributed by atoms with Crippen LogP contribution in [0.25, 0.3) is 0 Å². The molecule has 2 unspecified atom stereocenters. The second kappa shape index (κ2) is 5.13. The number of cyclic esters (lactones) is 1. The minimum absolute atomic E-state index is 0.0417. The van der Waals surface area contributed by atoms with Gasteiger partial charge in [-0.15, -0.1) is 0 Å². The first-order valence-electron chi connectivity index (χ1n) is 5.28. The molecular weight excluding hydrogens is 180 g/mol. The van der Waals surface area contributed by atoms with Gasteiger partial charge in [0, 0.05) is 12.8 Å². The van der Waals surface area contributed by atoms with Crippen molar-refractivity contribution >= 4 is 11.8 Å². The highest BCUT2D eigenvalue weighted by atomic mass is 16.5. The molecule has 0 N–H and O–H groups in total. The largest absolute Gasteiger partial charge is 0.465 e. The van der Waals surface area contributed by atoms with Crippen LogP contribution in [0.4, 0.5) is 0 Å². The molecule has 0 aromatic heterocycles. The summed E-state index contributed by atoms with van der Waals surface area (Å²) in [6.07, 6.45) is 3.69. The summed E-state index contributed by atoms with van der Waals surface area (Å²) in [4.78, 5) is 20.8. The van der Waals surface area contributed by atoms with Gasteiger partial charge in [-0.25, -0.2) is 0 Å². The highest BCUT2D eigenvalue weighted by molar-refractivity contribution is 5.80. The first-order valence-corrected chi connectivity index (χ1v) is 5.28. The summed E-state index contributed by atoms with van der Waals surface area (Å²) in [7, 11) is 0. The first kappa shape index (κ1) is 11.2. The Balaban J connectivity index is 0.000000140. The maximum Gasteiger partial charge on any atom is 0.308 e. The lowest BCUT2D eigenvalue weighted by Gasteiger charge is -1.90. The Morgan fingerprint density at radius 1 is 1.21 bits per heavy atom. The third-order valence-corrected chi connectivity index (χ3v) is 2.69. The van der Waals surface area contributed by atoms with Gasteiger partial charge in [0.2, 0.25) is 0 Å². The molecule has 0 amide bonds. The Morgan fingerprint density at radius 2 is 1.93 bits per heavy atom. The second-order valence-electron chi connectivity index (χ2n) is 4.24. The molecule has 2 rings (SSSR count). The number of rotatable bonds is 0. The van der Waals surface area contributed by atoms with Crippen LogP contribution in [0.1, 0.15) is 39.5 Å². The lowest BCUT2D eigenvalue weighted by atomic mass is 10.1. The molecule has 0 bridgehead atoms. The van der Waals surface area contributed by atoms with Crippen molar-refractivity contribution < 1.29 is 14.3 Å². The Bertz CT molecular complexity index is 223. The molecule has 0 aromatic carbocycles. The summed E-state index contributed by atoms with van der Waals surface area (Å²) in [5.74, 6) is 1.24. The van der Waals surface area contributed by atoms with Gasteiger partial charge in [-0.3, -0.25) is 9.59 Å². The van der Waals surface area contributed by atoms with E-state index in [0.29, 0.717) is 18.3 Å². The smallest absolute Gasteiger partial charge is 0.308 e. The van der Waals surface area contributed by atoms with E-state index in [0.717, 1.165) is 25.7 Å². The lowest BCUT2D eigenvalue weighted by Crippen LogP contribution is -2.00. The molecule has 0 radical (unpaired) electrons. The topological polar surface area (TPSA) is 43.4 Å². The van der Waals surface area contributed by atoms with Crippen molar-refractivity contribution in [2.45, 2.75) is 39.5 Å². The van der Waals surface area contributed by atoms with E-state index in [1.807, 2.05) is 6.92 Å². The van der Waals surface area contributed by atoms with Crippen molar-refractivity contribution in [3.63, 3.8) is 0 Å². The van der Waals surface area contributed by atoms with Crippen molar-refractivity contribution in [3.8, 4) is 0 Å². The summed E-state index contributed by atoms with van der Waals surface area (Å²) in [6.45, 7) is 4.64. The fourth-order valence-electron chi connectivity index (χ4n) is 1.60. The summed E-state index contributed by atoms with van der Waals surface area (Å²) >= 11 is 0. The Kier molecular flexibility index (Phi) is 4.11. The number of carbonyl (C=O) groups is 2. The Morgan fingerprint density at radius 3 is 2.07 bits per heavy atom. The zero-order valence-electron chi connectivity index (χ0n) is 8.91. The number of hydrogen-bond donors (Lipinski definition) is 0. The van der Waals surface area contributed by atoms with Gasteiger partial charge < -0.3 is 4.74 Å². The monoisotopic (exact) mass is 198 g/mol. The van der Waals surface area contributed by atoms with Gasteiger partial charge in [0.05, 0.1) is 12.5 Å². The minimum atomic E-state index is -0.0417. The van der Waals surface area contributed by atoms with E-state index >= 15 is 0 Å². The minimum Gasteiger partial charge on any atom is -0.465 e. The molecule has 1 saturated carbocycles. The molecule has 0 aromatic rings. The quantitative estimate of drug-likeness (QED) is 0.559. The van der Waals surface area contributed by atoms with Gasteiger partial charge >= 0.3 is 5.97 Å². The maximum absolute atomic E-state index is 10.5. The molecule has 1 saturated heterocycles. The molecule has 1 aliphatic heterocycles. The molecule has 0 spiro atoms. The average Bonchev–Trinajstić information content (AvgIpc) is 2.65. The van der Waals surface area contributed by atoms with Gasteiger partial charge in [0.15, 0.2) is 0 Å². The first-order chi connectivity index (χ1) is 6.59. The number of esters is 1. The van der Waals surface area contributed by atoms with Crippen LogP contribution in [-0.4, -0.2) is 18.4 Å². The standard InChI is InChI=1S/C6H10O.C5H8O2/c1-5-2-3-6(7)4-5;1-4-2-3-7-5(4)6/h5H,2-4H2,1H3;4H,2-3H2,1H3. The van der Waals surface area contributed by atoms with E-state index in [2.05, 4.69) is 11.7 Å². The number of carbonyl (C=O) groups excluding carboxylic acids is 2. The highest BCUT2D eigenvalue weighted by Crippen LogP contribution is 2.19. The Hall–Kier alpha value is -0.860. The molecule has 3 heteroatoms. The summed E-state index contributed by atoms with van der Waals surface area (Å²) in [5.41, 5.74) is 0. The number of ether oxygens (including phenoxy) is 1. The molecule has 3 nitrogen and oxygen atoms in total. The zero-order chi connectivity index (χ0) is 10.6. The van der Waals surface area contributed by atoms with Crippen molar-refractivity contribution in [3.05, 3.63) is 0 Å². The fourth-order valence-corrected chi connectivity index (χ4v) is 1.60. The van der Waals surface area contributed by atoms with Crippen LogP contribution in [0.5, 0.6) is 0 Å². The number of ketones is 1. The third kappa shape index (κ3) is 3.48. The third-order valence-electron chi connectivity index (χ3n) is 2.69. The molecule has 1 heterocycles. The van der Waals surface area contributed by atoms with Gasteiger partial charge in [0.1, 0.15) is 5.78 Å². The van der Waals surface area contributed by atoms with Crippen molar-refractivity contribution in [1.82, 2.24) is 0 Å². The average molecular weight is 198 g/mol. The lowest BCUT2D eigenvalue weighted by molar-refractivity contribution is -0.140. The van der Waals surface area contributed by atoms with Crippen LogP contribution in [0.3, 0.4) is 0 Å². The highest BCUT2D eigenvalue weighted by Gasteiger charge is 2.20. The predicted octanol–water partition coefficient (Wildman–Crippen LogP) is 1.94. The van der Waals surface area contributed by atoms with E-state index in [9.17, 15) is 9.59 Å². The van der Waals surface area contributed by atoms with Crippen LogP contribution in [0.15, 0.2) is 0 Å². The van der Waals surface area contributed by atoms with Crippen LogP contribution < -0.4 is 0 Å². The summed E-state index contributed by atoms with van der Waals surface area (Å²) in [6, 6.07) is 0. The van der Waals surface area contributed by atoms with Crippen LogP contribution in [0, 0.1) is 11.8 Å². The molecule has 2 atom stereocenters. The van der Waals surface area contributed by atoms with Crippen molar-refractivity contribution in [2.75, 3.05) is 6.61 Å². The molecule has 14 heavy (non-hydrogen) atoms. The van der Waals surface area contributed by atoms with Crippen LogP contribution in [-0.2, 0) is 14.3 Å². The number of hydrogen-bond acceptors (Lipinski definition) is 3. The maximum atomic E-state index is 10.5. The second-order valence-corrected chi connectivity index (χ2v) is 4.24. The van der Waals surface area contributed by atoms with Gasteiger partial charge in [-0.05, 0) is 18.8 Å². The molecule has 2 fully saturated rings. The van der Waals surface area contributed by atoms with Crippen LogP contribution >= 0.6 is 0 Å². The van der Waals surface area contributed by atoms with Gasteiger partial charge in [-0.2, -0.15) is 0 Å². The van der Waals surface area contributed by atoms with Crippen LogP contribution in [0.2, 0.25) is 0 Å². The fraction of sp³-hybridized carbons (Fsp3) is 0.818. The zero-order valence-corrected chi connectivity index (χ0v) is 8.91. The van der Waals surface area contributed by atoms with E-state index in [1.54, 1.807) is 0 Å². The van der Waals surface area contributed by atoms with E-state index in [-0.39, 0.29) is 11.9 Å². The van der Waals surface area contributed by atoms with Crippen molar-refractivity contribution in [2.24, 2.45) is 11.8 Å². The predicted molar refractivity (Wildman–Crippen MR) is 52.8 cm³/mol. The molecule has 80 valence electrons. The van der Waals surface area contributed by atoms with Gasteiger partial charge in [0.25, 0.3) is 0 Å². The SMILES string of the molecule is CC1CCC(=O)C1.CC1CCOC1=O. The van der Waals surface area contributed by atoms with E-state index in [4.69, 9.17) is 0 Å². The van der Waals surface area contributed by atoms with E-state index in [1.165, 1.54) is 0 Å². The summed E-state index contributed by atoms with van der Waals surface area (Å²) in [5, 5.41) is 0. The number of Topliss-reactive ketones (excluding diaryl/α,β-unsaturated/α-hetero) is 1. The normalized spacial score (nSPS) is 31.0. The Labute approximate surface area is 84.8 Å². The molecular formula is C11H18O3.